The standard InChI is InChI=1S/C23H21ClN2O5S/c1-16-6-9-21(10-7-16)32(28,29)31-22-11-8-19(24)14-18(22)15-25-26-23(27)13-17-4-3-5-20(12-17)30-2/h3-12,14-15H,13H2,1-2H3,(H,26,27). The van der Waals surface area contributed by atoms with E-state index in [0.29, 0.717) is 10.8 Å². The molecule has 0 aliphatic rings. The first-order valence-electron chi connectivity index (χ1n) is 9.52. The van der Waals surface area contributed by atoms with Gasteiger partial charge in [0.15, 0.2) is 5.75 Å². The quantitative estimate of drug-likeness (QED) is 0.302. The van der Waals surface area contributed by atoms with E-state index in [0.717, 1.165) is 11.1 Å². The Kier molecular flexibility index (Phi) is 7.50. The number of methoxy groups -OCH3 is 1. The molecule has 0 bridgehead atoms. The third-order valence-electron chi connectivity index (χ3n) is 4.37. The van der Waals surface area contributed by atoms with Crippen LogP contribution >= 0.6 is 11.6 Å². The van der Waals surface area contributed by atoms with Crippen molar-refractivity contribution in [3.63, 3.8) is 0 Å². The fraction of sp³-hybridized carbons (Fsp3) is 0.130. The number of carbonyl (C=O) groups is 1. The van der Waals surface area contributed by atoms with Gasteiger partial charge in [0.25, 0.3) is 0 Å². The summed E-state index contributed by atoms with van der Waals surface area (Å²) in [5, 5.41) is 4.26. The maximum atomic E-state index is 12.6. The summed E-state index contributed by atoms with van der Waals surface area (Å²) >= 11 is 6.03. The number of rotatable bonds is 8. The van der Waals surface area contributed by atoms with Gasteiger partial charge in [-0.2, -0.15) is 13.5 Å². The maximum absolute atomic E-state index is 12.6. The minimum atomic E-state index is -4.06. The zero-order chi connectivity index (χ0) is 23.1. The lowest BCUT2D eigenvalue weighted by Gasteiger charge is -2.10. The Labute approximate surface area is 191 Å². The molecule has 1 N–H and O–H groups in total. The molecule has 0 unspecified atom stereocenters. The van der Waals surface area contributed by atoms with Crippen LogP contribution in [0.4, 0.5) is 0 Å². The first-order valence-corrected chi connectivity index (χ1v) is 11.3. The van der Waals surface area contributed by atoms with E-state index in [1.54, 1.807) is 43.5 Å². The first kappa shape index (κ1) is 23.3. The van der Waals surface area contributed by atoms with Gasteiger partial charge in [-0.25, -0.2) is 5.43 Å². The highest BCUT2D eigenvalue weighted by Gasteiger charge is 2.18. The van der Waals surface area contributed by atoms with Crippen LogP contribution in [0.1, 0.15) is 16.7 Å². The monoisotopic (exact) mass is 472 g/mol. The molecule has 0 saturated heterocycles. The highest BCUT2D eigenvalue weighted by Crippen LogP contribution is 2.25. The summed E-state index contributed by atoms with van der Waals surface area (Å²) in [7, 11) is -2.51. The van der Waals surface area contributed by atoms with Crippen LogP contribution in [-0.2, 0) is 21.3 Å². The summed E-state index contributed by atoms with van der Waals surface area (Å²) in [6, 6.07) is 17.8. The third-order valence-corrected chi connectivity index (χ3v) is 5.86. The molecule has 7 nitrogen and oxygen atoms in total. The Morgan fingerprint density at radius 3 is 2.56 bits per heavy atom. The summed E-state index contributed by atoms with van der Waals surface area (Å²) < 4.78 is 35.6. The number of hydrogen-bond acceptors (Lipinski definition) is 6. The van der Waals surface area contributed by atoms with E-state index in [4.69, 9.17) is 20.5 Å². The van der Waals surface area contributed by atoms with Crippen LogP contribution in [0.25, 0.3) is 0 Å². The van der Waals surface area contributed by atoms with E-state index in [-0.39, 0.29) is 28.5 Å². The van der Waals surface area contributed by atoms with Crippen LogP contribution in [0.5, 0.6) is 11.5 Å². The largest absolute Gasteiger partial charge is 0.497 e. The molecule has 0 aliphatic carbocycles. The number of nitrogens with one attached hydrogen (secondary N) is 1. The second kappa shape index (κ2) is 10.3. The van der Waals surface area contributed by atoms with E-state index in [2.05, 4.69) is 10.5 Å². The topological polar surface area (TPSA) is 94.1 Å². The lowest BCUT2D eigenvalue weighted by Crippen LogP contribution is -2.20. The Bertz CT molecular complexity index is 1240. The Morgan fingerprint density at radius 1 is 1.09 bits per heavy atom. The van der Waals surface area contributed by atoms with Gasteiger partial charge >= 0.3 is 10.1 Å². The lowest BCUT2D eigenvalue weighted by atomic mass is 10.1. The molecule has 0 radical (unpaired) electrons. The minimum Gasteiger partial charge on any atom is -0.497 e. The summed E-state index contributed by atoms with van der Waals surface area (Å²) in [5.41, 5.74) is 4.37. The van der Waals surface area contributed by atoms with Crippen LogP contribution in [0.3, 0.4) is 0 Å². The fourth-order valence-corrected chi connectivity index (χ4v) is 3.88. The summed E-state index contributed by atoms with van der Waals surface area (Å²) in [6.45, 7) is 1.85. The van der Waals surface area contributed by atoms with Gasteiger partial charge in [-0.1, -0.05) is 41.4 Å². The molecule has 1 amide bonds. The highest BCUT2D eigenvalue weighted by atomic mass is 35.5. The number of amides is 1. The summed E-state index contributed by atoms with van der Waals surface area (Å²) in [6.07, 6.45) is 1.37. The van der Waals surface area contributed by atoms with Crippen molar-refractivity contribution in [2.45, 2.75) is 18.2 Å². The number of aryl methyl sites for hydroxylation is 1. The number of carbonyl (C=O) groups excluding carboxylic acids is 1. The van der Waals surface area contributed by atoms with Crippen molar-refractivity contribution in [1.29, 1.82) is 0 Å². The molecule has 32 heavy (non-hydrogen) atoms. The molecule has 3 rings (SSSR count). The molecule has 0 aliphatic heterocycles. The van der Waals surface area contributed by atoms with Gasteiger partial charge in [0.05, 0.1) is 19.7 Å². The van der Waals surface area contributed by atoms with Crippen molar-refractivity contribution in [1.82, 2.24) is 5.43 Å². The molecular formula is C23H21ClN2O5S. The smallest absolute Gasteiger partial charge is 0.339 e. The number of hydrazone groups is 1. The predicted octanol–water partition coefficient (Wildman–Crippen LogP) is 4.12. The molecule has 166 valence electrons. The lowest BCUT2D eigenvalue weighted by molar-refractivity contribution is -0.120. The van der Waals surface area contributed by atoms with Gasteiger partial charge in [-0.15, -0.1) is 0 Å². The van der Waals surface area contributed by atoms with E-state index in [1.165, 1.54) is 36.5 Å². The van der Waals surface area contributed by atoms with E-state index >= 15 is 0 Å². The van der Waals surface area contributed by atoms with Crippen molar-refractivity contribution in [3.05, 3.63) is 88.4 Å². The van der Waals surface area contributed by atoms with E-state index in [1.807, 2.05) is 6.92 Å². The van der Waals surface area contributed by atoms with Crippen molar-refractivity contribution in [2.24, 2.45) is 5.10 Å². The summed E-state index contributed by atoms with van der Waals surface area (Å²) in [5.74, 6) is 0.321. The number of ether oxygens (including phenoxy) is 1. The van der Waals surface area contributed by atoms with Crippen LogP contribution < -0.4 is 14.3 Å². The second-order valence-corrected chi connectivity index (χ2v) is 8.84. The fourth-order valence-electron chi connectivity index (χ4n) is 2.75. The van der Waals surface area contributed by atoms with Gasteiger partial charge in [0, 0.05) is 10.6 Å². The number of benzene rings is 3. The Morgan fingerprint density at radius 2 is 1.84 bits per heavy atom. The molecule has 0 aromatic heterocycles. The number of hydrogen-bond donors (Lipinski definition) is 1. The SMILES string of the molecule is COc1cccc(CC(=O)NN=Cc2cc(Cl)ccc2OS(=O)(=O)c2ccc(C)cc2)c1. The van der Waals surface area contributed by atoms with E-state index in [9.17, 15) is 13.2 Å². The van der Waals surface area contributed by atoms with Crippen LogP contribution in [-0.4, -0.2) is 27.6 Å². The van der Waals surface area contributed by atoms with Crippen molar-refractivity contribution in [2.75, 3.05) is 7.11 Å². The van der Waals surface area contributed by atoms with Gasteiger partial charge < -0.3 is 8.92 Å². The molecular weight excluding hydrogens is 452 g/mol. The second-order valence-electron chi connectivity index (χ2n) is 6.85. The Balaban J connectivity index is 1.72. The van der Waals surface area contributed by atoms with Crippen molar-refractivity contribution in [3.8, 4) is 11.5 Å². The molecule has 0 fully saturated rings. The predicted molar refractivity (Wildman–Crippen MR) is 123 cm³/mol. The van der Waals surface area contributed by atoms with Gasteiger partial charge in [0.1, 0.15) is 10.6 Å². The average molecular weight is 473 g/mol. The van der Waals surface area contributed by atoms with Crippen molar-refractivity contribution >= 4 is 33.8 Å². The van der Waals surface area contributed by atoms with Crippen LogP contribution in [0.15, 0.2) is 76.7 Å². The van der Waals surface area contributed by atoms with Gasteiger partial charge in [0.2, 0.25) is 5.91 Å². The molecule has 0 spiro atoms. The molecule has 9 heteroatoms. The molecule has 0 saturated carbocycles. The van der Waals surface area contributed by atoms with Crippen molar-refractivity contribution < 1.29 is 22.1 Å². The minimum absolute atomic E-state index is 0.0209. The highest BCUT2D eigenvalue weighted by molar-refractivity contribution is 7.87. The zero-order valence-electron chi connectivity index (χ0n) is 17.4. The van der Waals surface area contributed by atoms with Crippen LogP contribution in [0.2, 0.25) is 5.02 Å². The number of halogens is 1. The van der Waals surface area contributed by atoms with Gasteiger partial charge in [-0.05, 0) is 55.0 Å². The first-order chi connectivity index (χ1) is 15.3. The summed E-state index contributed by atoms with van der Waals surface area (Å²) in [4.78, 5) is 12.2. The molecule has 0 heterocycles. The van der Waals surface area contributed by atoms with E-state index < -0.39 is 10.1 Å². The maximum Gasteiger partial charge on any atom is 0.339 e. The molecule has 0 atom stereocenters. The molecule has 3 aromatic carbocycles. The average Bonchev–Trinajstić information content (AvgIpc) is 2.76. The third kappa shape index (κ3) is 6.32. The molecule has 3 aromatic rings. The zero-order valence-corrected chi connectivity index (χ0v) is 19.0. The van der Waals surface area contributed by atoms with Crippen LogP contribution in [0, 0.1) is 6.92 Å². The Hall–Kier alpha value is -3.36. The normalized spacial score (nSPS) is 11.3. The van der Waals surface area contributed by atoms with Gasteiger partial charge in [-0.3, -0.25) is 4.79 Å². The number of nitrogens with zero attached hydrogens (tertiary/aromatic N) is 1.